The van der Waals surface area contributed by atoms with Gasteiger partial charge >= 0.3 is 12.0 Å². The van der Waals surface area contributed by atoms with Crippen molar-refractivity contribution in [1.29, 1.82) is 0 Å². The van der Waals surface area contributed by atoms with Gasteiger partial charge in [-0.1, -0.05) is 6.07 Å². The molecule has 0 fully saturated rings. The second kappa shape index (κ2) is 6.19. The molecule has 1 rings (SSSR count). The molecule has 0 atom stereocenters. The highest BCUT2D eigenvalue weighted by Crippen LogP contribution is 2.11. The molecule has 6 heteroatoms. The first kappa shape index (κ1) is 15.0. The van der Waals surface area contributed by atoms with E-state index >= 15 is 0 Å². The van der Waals surface area contributed by atoms with E-state index in [0.717, 1.165) is 0 Å². The molecule has 0 aliphatic carbocycles. The van der Waals surface area contributed by atoms with Gasteiger partial charge in [0.05, 0.1) is 11.2 Å². The number of carboxylic acids is 1. The highest BCUT2D eigenvalue weighted by Gasteiger charge is 2.17. The molecule has 6 nitrogen and oxygen atoms in total. The van der Waals surface area contributed by atoms with Gasteiger partial charge in [-0.15, -0.1) is 0 Å². The van der Waals surface area contributed by atoms with Crippen LogP contribution in [0.5, 0.6) is 0 Å². The van der Waals surface area contributed by atoms with Gasteiger partial charge in [0.15, 0.2) is 0 Å². The summed E-state index contributed by atoms with van der Waals surface area (Å²) >= 11 is 0. The number of nitrogens with one attached hydrogen (secondary N) is 2. The van der Waals surface area contributed by atoms with Crippen LogP contribution in [0.1, 0.15) is 24.2 Å². The van der Waals surface area contributed by atoms with Gasteiger partial charge in [0.1, 0.15) is 0 Å². The number of amides is 2. The number of ether oxygens (including phenoxy) is 1. The van der Waals surface area contributed by atoms with Crippen molar-refractivity contribution in [2.45, 2.75) is 19.4 Å². The standard InChI is InChI=1S/C13H18N2O4/c1-13(2,19-3)8-14-12(18)15-10-6-4-5-9(7-10)11(16)17/h4-7H,8H2,1-3H3,(H,16,17)(H2,14,15,18). The van der Waals surface area contributed by atoms with E-state index in [1.165, 1.54) is 12.1 Å². The Morgan fingerprint density at radius 2 is 2.05 bits per heavy atom. The minimum Gasteiger partial charge on any atom is -0.478 e. The smallest absolute Gasteiger partial charge is 0.335 e. The number of benzene rings is 1. The second-order valence-corrected chi connectivity index (χ2v) is 4.66. The van der Waals surface area contributed by atoms with Crippen molar-refractivity contribution in [3.63, 3.8) is 0 Å². The quantitative estimate of drug-likeness (QED) is 0.760. The van der Waals surface area contributed by atoms with Crippen molar-refractivity contribution < 1.29 is 19.4 Å². The molecule has 0 aliphatic rings. The van der Waals surface area contributed by atoms with E-state index in [0.29, 0.717) is 12.2 Å². The van der Waals surface area contributed by atoms with E-state index < -0.39 is 17.6 Å². The Morgan fingerprint density at radius 3 is 2.63 bits per heavy atom. The lowest BCUT2D eigenvalue weighted by Gasteiger charge is -2.23. The summed E-state index contributed by atoms with van der Waals surface area (Å²) in [6, 6.07) is 5.63. The van der Waals surface area contributed by atoms with Crippen molar-refractivity contribution in [2.75, 3.05) is 19.0 Å². The van der Waals surface area contributed by atoms with Gasteiger partial charge in [0.25, 0.3) is 0 Å². The molecule has 19 heavy (non-hydrogen) atoms. The molecular weight excluding hydrogens is 248 g/mol. The van der Waals surface area contributed by atoms with E-state index in [1.54, 1.807) is 19.2 Å². The number of carboxylic acid groups (broad SMARTS) is 1. The number of hydrogen-bond donors (Lipinski definition) is 3. The number of anilines is 1. The van der Waals surface area contributed by atoms with Crippen molar-refractivity contribution in [3.05, 3.63) is 29.8 Å². The van der Waals surface area contributed by atoms with Crippen LogP contribution in [0.2, 0.25) is 0 Å². The minimum absolute atomic E-state index is 0.120. The third-order valence-corrected chi connectivity index (χ3v) is 2.59. The van der Waals surface area contributed by atoms with Gasteiger partial charge in [-0.05, 0) is 32.0 Å². The average molecular weight is 266 g/mol. The second-order valence-electron chi connectivity index (χ2n) is 4.66. The first-order chi connectivity index (χ1) is 8.84. The molecule has 0 spiro atoms. The third-order valence-electron chi connectivity index (χ3n) is 2.59. The predicted octanol–water partition coefficient (Wildman–Crippen LogP) is 1.93. The minimum atomic E-state index is -1.04. The normalized spacial score (nSPS) is 10.9. The summed E-state index contributed by atoms with van der Waals surface area (Å²) in [5, 5.41) is 14.1. The maximum absolute atomic E-state index is 11.6. The van der Waals surface area contributed by atoms with Crippen LogP contribution in [-0.2, 0) is 4.74 Å². The third kappa shape index (κ3) is 4.97. The maximum Gasteiger partial charge on any atom is 0.335 e. The van der Waals surface area contributed by atoms with E-state index in [4.69, 9.17) is 9.84 Å². The summed E-state index contributed by atoms with van der Waals surface area (Å²) in [7, 11) is 1.57. The fourth-order valence-corrected chi connectivity index (χ4v) is 1.27. The molecule has 0 heterocycles. The molecule has 104 valence electrons. The lowest BCUT2D eigenvalue weighted by Crippen LogP contribution is -2.41. The monoisotopic (exact) mass is 266 g/mol. The van der Waals surface area contributed by atoms with Gasteiger partial charge in [0.2, 0.25) is 0 Å². The lowest BCUT2D eigenvalue weighted by atomic mass is 10.1. The zero-order valence-corrected chi connectivity index (χ0v) is 11.2. The number of carbonyl (C=O) groups excluding carboxylic acids is 1. The van der Waals surface area contributed by atoms with Gasteiger partial charge < -0.3 is 20.5 Å². The van der Waals surface area contributed by atoms with E-state index in [9.17, 15) is 9.59 Å². The van der Waals surface area contributed by atoms with Crippen LogP contribution < -0.4 is 10.6 Å². The summed E-state index contributed by atoms with van der Waals surface area (Å²) in [4.78, 5) is 22.4. The first-order valence-corrected chi connectivity index (χ1v) is 5.77. The van der Waals surface area contributed by atoms with Crippen LogP contribution in [0.15, 0.2) is 24.3 Å². The molecule has 0 bridgehead atoms. The zero-order chi connectivity index (χ0) is 14.5. The summed E-state index contributed by atoms with van der Waals surface area (Å²) in [6.45, 7) is 4.03. The molecule has 1 aromatic carbocycles. The Balaban J connectivity index is 2.58. The maximum atomic E-state index is 11.6. The van der Waals surface area contributed by atoms with Crippen LogP contribution in [0.25, 0.3) is 0 Å². The molecule has 0 saturated carbocycles. The van der Waals surface area contributed by atoms with Crippen molar-refractivity contribution in [2.24, 2.45) is 0 Å². The van der Waals surface area contributed by atoms with Crippen LogP contribution >= 0.6 is 0 Å². The number of carbonyl (C=O) groups is 2. The Hall–Kier alpha value is -2.08. The number of hydrogen-bond acceptors (Lipinski definition) is 3. The Labute approximate surface area is 111 Å². The summed E-state index contributed by atoms with van der Waals surface area (Å²) in [5.41, 5.74) is 0.0860. The molecule has 2 amide bonds. The van der Waals surface area contributed by atoms with Crippen LogP contribution in [-0.4, -0.2) is 36.4 Å². The van der Waals surface area contributed by atoms with E-state index in [2.05, 4.69) is 10.6 Å². The Bertz CT molecular complexity index is 471. The molecule has 3 N–H and O–H groups in total. The molecule has 0 radical (unpaired) electrons. The summed E-state index contributed by atoms with van der Waals surface area (Å²) in [6.07, 6.45) is 0. The molecule has 0 aromatic heterocycles. The first-order valence-electron chi connectivity index (χ1n) is 5.77. The highest BCUT2D eigenvalue weighted by molar-refractivity contribution is 5.93. The van der Waals surface area contributed by atoms with Crippen molar-refractivity contribution >= 4 is 17.7 Å². The fraction of sp³-hybridized carbons (Fsp3) is 0.385. The van der Waals surface area contributed by atoms with Crippen LogP contribution in [0.3, 0.4) is 0 Å². The number of methoxy groups -OCH3 is 1. The highest BCUT2D eigenvalue weighted by atomic mass is 16.5. The molecule has 1 aromatic rings. The van der Waals surface area contributed by atoms with Gasteiger partial charge in [-0.2, -0.15) is 0 Å². The van der Waals surface area contributed by atoms with Crippen molar-refractivity contribution in [1.82, 2.24) is 5.32 Å². The molecule has 0 saturated heterocycles. The zero-order valence-electron chi connectivity index (χ0n) is 11.2. The average Bonchev–Trinajstić information content (AvgIpc) is 2.37. The molecule has 0 unspecified atom stereocenters. The van der Waals surface area contributed by atoms with Gasteiger partial charge in [-0.25, -0.2) is 9.59 Å². The lowest BCUT2D eigenvalue weighted by molar-refractivity contribution is 0.0257. The Kier molecular flexibility index (Phi) is 4.88. The topological polar surface area (TPSA) is 87.7 Å². The number of rotatable bonds is 5. The number of aromatic carboxylic acids is 1. The van der Waals surface area contributed by atoms with E-state index in [1.807, 2.05) is 13.8 Å². The molecular formula is C13H18N2O4. The molecule has 0 aliphatic heterocycles. The van der Waals surface area contributed by atoms with Gasteiger partial charge in [0, 0.05) is 19.3 Å². The van der Waals surface area contributed by atoms with Crippen LogP contribution in [0.4, 0.5) is 10.5 Å². The number of urea groups is 1. The fourth-order valence-electron chi connectivity index (χ4n) is 1.27. The van der Waals surface area contributed by atoms with Gasteiger partial charge in [-0.3, -0.25) is 0 Å². The SMILES string of the molecule is COC(C)(C)CNC(=O)Nc1cccc(C(=O)O)c1. The van der Waals surface area contributed by atoms with Crippen LogP contribution in [0, 0.1) is 0 Å². The summed E-state index contributed by atoms with van der Waals surface area (Å²) in [5.74, 6) is -1.04. The largest absolute Gasteiger partial charge is 0.478 e. The predicted molar refractivity (Wildman–Crippen MR) is 71.5 cm³/mol. The Morgan fingerprint density at radius 1 is 1.37 bits per heavy atom. The van der Waals surface area contributed by atoms with E-state index in [-0.39, 0.29) is 5.56 Å². The summed E-state index contributed by atoms with van der Waals surface area (Å²) < 4.78 is 5.17. The van der Waals surface area contributed by atoms with Crippen molar-refractivity contribution in [3.8, 4) is 0 Å².